The number of hydrogen-bond acceptors (Lipinski definition) is 4. The van der Waals surface area contributed by atoms with Gasteiger partial charge in [0.2, 0.25) is 5.91 Å². The molecule has 1 fully saturated rings. The molecule has 0 aromatic carbocycles. The van der Waals surface area contributed by atoms with Gasteiger partial charge < -0.3 is 18.2 Å². The van der Waals surface area contributed by atoms with Crippen molar-refractivity contribution >= 4 is 14.7 Å². The molecule has 1 aliphatic rings. The van der Waals surface area contributed by atoms with Gasteiger partial charge in [-0.05, 0) is 32.6 Å². The van der Waals surface area contributed by atoms with Crippen molar-refractivity contribution in [1.82, 2.24) is 4.90 Å². The third-order valence-corrected chi connectivity index (χ3v) is 6.76. The minimum Gasteiger partial charge on any atom is -0.377 e. The molecule has 19 heavy (non-hydrogen) atoms. The van der Waals surface area contributed by atoms with Gasteiger partial charge in [-0.2, -0.15) is 0 Å². The summed E-state index contributed by atoms with van der Waals surface area (Å²) in [4.78, 5) is 13.8. The molecule has 112 valence electrons. The SMILES string of the molecule is CO[Si](CCCCN1C(=O)CCCC1C)(OC)OC. The van der Waals surface area contributed by atoms with Gasteiger partial charge in [0.15, 0.2) is 0 Å². The first-order valence-electron chi connectivity index (χ1n) is 7.03. The number of nitrogens with zero attached hydrogens (tertiary/aromatic N) is 1. The van der Waals surface area contributed by atoms with Crippen molar-refractivity contribution in [2.24, 2.45) is 0 Å². The molecule has 1 unspecified atom stereocenters. The summed E-state index contributed by atoms with van der Waals surface area (Å²) < 4.78 is 16.2. The lowest BCUT2D eigenvalue weighted by Gasteiger charge is -2.33. The van der Waals surface area contributed by atoms with E-state index in [1.807, 2.05) is 4.90 Å². The Hall–Kier alpha value is -0.433. The molecule has 1 amide bonds. The van der Waals surface area contributed by atoms with Crippen LogP contribution in [0.25, 0.3) is 0 Å². The van der Waals surface area contributed by atoms with E-state index in [1.54, 1.807) is 21.3 Å². The molecule has 0 radical (unpaired) electrons. The first kappa shape index (κ1) is 16.6. The maximum absolute atomic E-state index is 11.8. The van der Waals surface area contributed by atoms with Gasteiger partial charge in [-0.3, -0.25) is 4.79 Å². The van der Waals surface area contributed by atoms with Crippen molar-refractivity contribution in [1.29, 1.82) is 0 Å². The summed E-state index contributed by atoms with van der Waals surface area (Å²) in [7, 11) is 2.46. The van der Waals surface area contributed by atoms with Crippen molar-refractivity contribution < 1.29 is 18.1 Å². The van der Waals surface area contributed by atoms with Crippen LogP contribution in [0.5, 0.6) is 0 Å². The van der Waals surface area contributed by atoms with Gasteiger partial charge in [-0.15, -0.1) is 0 Å². The molecule has 0 N–H and O–H groups in total. The minimum absolute atomic E-state index is 0.299. The van der Waals surface area contributed by atoms with E-state index in [2.05, 4.69) is 6.92 Å². The second-order valence-corrected chi connectivity index (χ2v) is 8.17. The Morgan fingerprint density at radius 2 is 1.84 bits per heavy atom. The van der Waals surface area contributed by atoms with Crippen molar-refractivity contribution in [2.45, 2.75) is 51.1 Å². The zero-order valence-electron chi connectivity index (χ0n) is 12.6. The van der Waals surface area contributed by atoms with E-state index in [9.17, 15) is 4.79 Å². The lowest BCUT2D eigenvalue weighted by atomic mass is 10.0. The van der Waals surface area contributed by atoms with E-state index in [4.69, 9.17) is 13.3 Å². The van der Waals surface area contributed by atoms with Crippen molar-refractivity contribution in [2.75, 3.05) is 27.9 Å². The summed E-state index contributed by atoms with van der Waals surface area (Å²) in [5.74, 6) is 0.299. The van der Waals surface area contributed by atoms with Gasteiger partial charge in [-0.25, -0.2) is 0 Å². The van der Waals surface area contributed by atoms with E-state index in [0.29, 0.717) is 18.4 Å². The number of amides is 1. The summed E-state index contributed by atoms with van der Waals surface area (Å²) in [5, 5.41) is 0. The molecule has 1 rings (SSSR count). The molecular formula is C13H27NO4Si. The topological polar surface area (TPSA) is 48.0 Å². The van der Waals surface area contributed by atoms with Gasteiger partial charge in [0.1, 0.15) is 0 Å². The number of rotatable bonds is 8. The average Bonchev–Trinajstić information content (AvgIpc) is 2.42. The van der Waals surface area contributed by atoms with E-state index >= 15 is 0 Å². The number of hydrogen-bond donors (Lipinski definition) is 0. The number of unbranched alkanes of at least 4 members (excludes halogenated alkanes) is 1. The highest BCUT2D eigenvalue weighted by molar-refractivity contribution is 6.60. The molecule has 6 heteroatoms. The first-order chi connectivity index (χ1) is 9.08. The van der Waals surface area contributed by atoms with Gasteiger partial charge in [0, 0.05) is 46.4 Å². The smallest absolute Gasteiger partial charge is 0.377 e. The van der Waals surface area contributed by atoms with Crippen molar-refractivity contribution in [3.05, 3.63) is 0 Å². The summed E-state index contributed by atoms with van der Waals surface area (Å²) in [5.41, 5.74) is 0. The molecule has 1 saturated heterocycles. The maximum atomic E-state index is 11.8. The molecule has 5 nitrogen and oxygen atoms in total. The molecule has 0 aromatic heterocycles. The van der Waals surface area contributed by atoms with Crippen LogP contribution >= 0.6 is 0 Å². The van der Waals surface area contributed by atoms with Crippen LogP contribution in [-0.2, 0) is 18.1 Å². The summed E-state index contributed by atoms with van der Waals surface area (Å²) in [6.45, 7) is 2.97. The zero-order chi connectivity index (χ0) is 14.3. The largest absolute Gasteiger partial charge is 0.500 e. The Kier molecular flexibility index (Phi) is 6.99. The van der Waals surface area contributed by atoms with Gasteiger partial charge >= 0.3 is 8.80 Å². The normalized spacial score (nSPS) is 20.9. The highest BCUT2D eigenvalue weighted by Crippen LogP contribution is 2.20. The fourth-order valence-electron chi connectivity index (χ4n) is 2.62. The number of carbonyl (C=O) groups excluding carboxylic acids is 1. The van der Waals surface area contributed by atoms with E-state index in [1.165, 1.54) is 0 Å². The molecule has 0 spiro atoms. The van der Waals surface area contributed by atoms with Crippen LogP contribution in [0.1, 0.15) is 39.0 Å². The van der Waals surface area contributed by atoms with Crippen LogP contribution in [0, 0.1) is 0 Å². The Labute approximate surface area is 117 Å². The highest BCUT2D eigenvalue weighted by Gasteiger charge is 2.37. The van der Waals surface area contributed by atoms with Crippen LogP contribution in [0.15, 0.2) is 0 Å². The molecule has 0 aromatic rings. The maximum Gasteiger partial charge on any atom is 0.500 e. The fourth-order valence-corrected chi connectivity index (χ4v) is 4.41. The molecule has 0 aliphatic carbocycles. The monoisotopic (exact) mass is 289 g/mol. The van der Waals surface area contributed by atoms with Gasteiger partial charge in [-0.1, -0.05) is 0 Å². The van der Waals surface area contributed by atoms with Crippen LogP contribution in [-0.4, -0.2) is 53.5 Å². The number of carbonyl (C=O) groups is 1. The molecule has 1 heterocycles. The Bertz CT molecular complexity index is 276. The quantitative estimate of drug-likeness (QED) is 0.507. The fraction of sp³-hybridized carbons (Fsp3) is 0.923. The lowest BCUT2D eigenvalue weighted by molar-refractivity contribution is -0.135. The Morgan fingerprint density at radius 3 is 2.37 bits per heavy atom. The second kappa shape index (κ2) is 7.99. The second-order valence-electron chi connectivity index (χ2n) is 5.08. The standard InChI is InChI=1S/C13H27NO4Si/c1-12-8-7-9-13(15)14(12)10-5-6-11-19(16-2,17-3)18-4/h12H,5-11H2,1-4H3. The predicted octanol–water partition coefficient (Wildman–Crippen LogP) is 2.05. The first-order valence-corrected chi connectivity index (χ1v) is 8.96. The third kappa shape index (κ3) is 4.56. The van der Waals surface area contributed by atoms with Crippen LogP contribution in [0.2, 0.25) is 6.04 Å². The number of likely N-dealkylation sites (tertiary alicyclic amines) is 1. The number of piperidine rings is 1. The minimum atomic E-state index is -2.44. The van der Waals surface area contributed by atoms with Crippen LogP contribution in [0.3, 0.4) is 0 Å². The van der Waals surface area contributed by atoms with Gasteiger partial charge in [0.25, 0.3) is 0 Å². The van der Waals surface area contributed by atoms with Crippen molar-refractivity contribution in [3.63, 3.8) is 0 Å². The highest BCUT2D eigenvalue weighted by atomic mass is 28.4. The summed E-state index contributed by atoms with van der Waals surface area (Å²) >= 11 is 0. The summed E-state index contributed by atoms with van der Waals surface area (Å²) in [6, 6.07) is 1.18. The van der Waals surface area contributed by atoms with E-state index in [0.717, 1.165) is 38.3 Å². The average molecular weight is 289 g/mol. The third-order valence-electron chi connectivity index (χ3n) is 3.93. The van der Waals surface area contributed by atoms with Gasteiger partial charge in [0.05, 0.1) is 0 Å². The van der Waals surface area contributed by atoms with E-state index in [-0.39, 0.29) is 0 Å². The molecule has 0 saturated carbocycles. The Balaban J connectivity index is 2.31. The van der Waals surface area contributed by atoms with Crippen LogP contribution in [0.4, 0.5) is 0 Å². The predicted molar refractivity (Wildman–Crippen MR) is 75.8 cm³/mol. The Morgan fingerprint density at radius 1 is 1.21 bits per heavy atom. The molecule has 1 aliphatic heterocycles. The lowest BCUT2D eigenvalue weighted by Crippen LogP contribution is -2.44. The van der Waals surface area contributed by atoms with Crippen LogP contribution < -0.4 is 0 Å². The molecule has 1 atom stereocenters. The zero-order valence-corrected chi connectivity index (χ0v) is 13.6. The molecule has 0 bridgehead atoms. The van der Waals surface area contributed by atoms with Crippen molar-refractivity contribution in [3.8, 4) is 0 Å². The molecular weight excluding hydrogens is 262 g/mol. The summed E-state index contributed by atoms with van der Waals surface area (Å²) in [6.07, 6.45) is 4.79. The van der Waals surface area contributed by atoms with E-state index < -0.39 is 8.80 Å².